The lowest BCUT2D eigenvalue weighted by Crippen LogP contribution is -2.34. The van der Waals surface area contributed by atoms with Gasteiger partial charge in [0.1, 0.15) is 5.82 Å². The van der Waals surface area contributed by atoms with Gasteiger partial charge in [0.05, 0.1) is 18.9 Å². The van der Waals surface area contributed by atoms with Crippen LogP contribution in [-0.2, 0) is 4.74 Å². The minimum absolute atomic E-state index is 0.0773. The van der Waals surface area contributed by atoms with Crippen molar-refractivity contribution in [2.75, 3.05) is 43.6 Å². The van der Waals surface area contributed by atoms with Crippen LogP contribution in [-0.4, -0.2) is 54.5 Å². The number of rotatable bonds is 6. The predicted molar refractivity (Wildman–Crippen MR) is 91.1 cm³/mol. The van der Waals surface area contributed by atoms with Gasteiger partial charge in [-0.05, 0) is 19.3 Å². The molecule has 128 valence electrons. The van der Waals surface area contributed by atoms with Crippen molar-refractivity contribution in [1.29, 1.82) is 0 Å². The number of aliphatic hydroxyl groups is 1. The quantitative estimate of drug-likeness (QED) is 0.837. The summed E-state index contributed by atoms with van der Waals surface area (Å²) in [6, 6.07) is 2.69. The van der Waals surface area contributed by atoms with Crippen LogP contribution in [0, 0.1) is 0 Å². The van der Waals surface area contributed by atoms with Crippen molar-refractivity contribution in [1.82, 2.24) is 9.97 Å². The van der Waals surface area contributed by atoms with Gasteiger partial charge in [0, 0.05) is 38.2 Å². The van der Waals surface area contributed by atoms with E-state index in [0.29, 0.717) is 24.5 Å². The Bertz CT molecular complexity index is 499. The number of nitrogens with zero attached hydrogens (tertiary/aromatic N) is 3. The summed E-state index contributed by atoms with van der Waals surface area (Å²) in [5, 5.41) is 12.2. The smallest absolute Gasteiger partial charge is 0.224 e. The second-order valence-corrected chi connectivity index (χ2v) is 6.59. The van der Waals surface area contributed by atoms with Crippen LogP contribution < -0.4 is 10.2 Å². The minimum Gasteiger partial charge on any atom is -0.395 e. The lowest BCUT2D eigenvalue weighted by Gasteiger charge is -2.32. The number of anilines is 2. The maximum absolute atomic E-state index is 9.04. The van der Waals surface area contributed by atoms with Gasteiger partial charge in [-0.3, -0.25) is 0 Å². The third-order valence-corrected chi connectivity index (χ3v) is 4.96. The Morgan fingerprint density at radius 2 is 2.09 bits per heavy atom. The average Bonchev–Trinajstić information content (AvgIpc) is 3.14. The Labute approximate surface area is 138 Å². The Kier molecular flexibility index (Phi) is 5.67. The molecule has 1 saturated carbocycles. The van der Waals surface area contributed by atoms with Crippen molar-refractivity contribution < 1.29 is 9.84 Å². The zero-order valence-corrected chi connectivity index (χ0v) is 14.0. The zero-order chi connectivity index (χ0) is 16.1. The number of hydrogen-bond donors (Lipinski definition) is 2. The highest BCUT2D eigenvalue weighted by atomic mass is 16.5. The van der Waals surface area contributed by atoms with Crippen LogP contribution in [0.1, 0.15) is 50.1 Å². The van der Waals surface area contributed by atoms with E-state index in [2.05, 4.69) is 33.3 Å². The van der Waals surface area contributed by atoms with Crippen LogP contribution in [0.2, 0.25) is 0 Å². The van der Waals surface area contributed by atoms with Crippen molar-refractivity contribution >= 4 is 11.8 Å². The molecule has 1 aromatic rings. The molecular formula is C17H28N4O2. The van der Waals surface area contributed by atoms with Crippen molar-refractivity contribution in [3.8, 4) is 0 Å². The summed E-state index contributed by atoms with van der Waals surface area (Å²) in [6.45, 7) is 2.09. The molecule has 23 heavy (non-hydrogen) atoms. The Hall–Kier alpha value is -1.40. The highest BCUT2D eigenvalue weighted by Crippen LogP contribution is 2.30. The predicted octanol–water partition coefficient (Wildman–Crippen LogP) is 2.15. The third kappa shape index (κ3) is 4.12. The highest BCUT2D eigenvalue weighted by Gasteiger charge is 2.24. The molecule has 0 aromatic carbocycles. The van der Waals surface area contributed by atoms with E-state index < -0.39 is 0 Å². The van der Waals surface area contributed by atoms with Gasteiger partial charge < -0.3 is 20.1 Å². The first kappa shape index (κ1) is 16.5. The molecule has 0 amide bonds. The average molecular weight is 320 g/mol. The largest absolute Gasteiger partial charge is 0.395 e. The number of ether oxygens (including phenoxy) is 1. The topological polar surface area (TPSA) is 70.5 Å². The van der Waals surface area contributed by atoms with Gasteiger partial charge in [-0.25, -0.2) is 4.98 Å². The van der Waals surface area contributed by atoms with Crippen molar-refractivity contribution in [3.63, 3.8) is 0 Å². The minimum atomic E-state index is 0.0773. The molecule has 0 spiro atoms. The molecule has 2 heterocycles. The lowest BCUT2D eigenvalue weighted by molar-refractivity contribution is 0.193. The van der Waals surface area contributed by atoms with Gasteiger partial charge in [0.25, 0.3) is 0 Å². The molecule has 6 heteroatoms. The second-order valence-electron chi connectivity index (χ2n) is 6.59. The van der Waals surface area contributed by atoms with E-state index >= 15 is 0 Å². The standard InChI is InChI=1S/C17H28N4O2/c1-21(14-5-3-2-4-6-14)16-11-15(13-7-10-23-12-13)19-17(20-16)18-8-9-22/h11,13-14,22H,2-10,12H2,1H3,(H,18,19,20)/t13-/m0/s1. The summed E-state index contributed by atoms with van der Waals surface area (Å²) >= 11 is 0. The normalized spacial score (nSPS) is 22.3. The number of aromatic nitrogens is 2. The van der Waals surface area contributed by atoms with Crippen LogP contribution in [0.4, 0.5) is 11.8 Å². The lowest BCUT2D eigenvalue weighted by atomic mass is 9.94. The molecule has 1 atom stereocenters. The van der Waals surface area contributed by atoms with E-state index in [9.17, 15) is 0 Å². The molecule has 1 saturated heterocycles. The molecule has 0 unspecified atom stereocenters. The van der Waals surface area contributed by atoms with E-state index in [1.165, 1.54) is 32.1 Å². The second kappa shape index (κ2) is 7.93. The van der Waals surface area contributed by atoms with E-state index in [0.717, 1.165) is 31.1 Å². The maximum atomic E-state index is 9.04. The van der Waals surface area contributed by atoms with Gasteiger partial charge in [0.15, 0.2) is 0 Å². The molecule has 3 rings (SSSR count). The van der Waals surface area contributed by atoms with Crippen LogP contribution >= 0.6 is 0 Å². The van der Waals surface area contributed by atoms with E-state index in [-0.39, 0.29) is 6.61 Å². The number of nitrogens with one attached hydrogen (secondary N) is 1. The van der Waals surface area contributed by atoms with Crippen LogP contribution in [0.15, 0.2) is 6.07 Å². The van der Waals surface area contributed by atoms with E-state index in [1.807, 2.05) is 0 Å². The van der Waals surface area contributed by atoms with Crippen LogP contribution in [0.3, 0.4) is 0 Å². The third-order valence-electron chi connectivity index (χ3n) is 4.96. The summed E-state index contributed by atoms with van der Waals surface area (Å²) in [5.41, 5.74) is 1.05. The summed E-state index contributed by atoms with van der Waals surface area (Å²) < 4.78 is 5.51. The summed E-state index contributed by atoms with van der Waals surface area (Å²) in [6.07, 6.45) is 7.45. The molecule has 1 aliphatic carbocycles. The summed E-state index contributed by atoms with van der Waals surface area (Å²) in [4.78, 5) is 11.6. The van der Waals surface area contributed by atoms with Crippen LogP contribution in [0.5, 0.6) is 0 Å². The fourth-order valence-corrected chi connectivity index (χ4v) is 3.51. The first-order valence-electron chi connectivity index (χ1n) is 8.82. The van der Waals surface area contributed by atoms with Gasteiger partial charge in [-0.1, -0.05) is 19.3 Å². The van der Waals surface area contributed by atoms with Gasteiger partial charge in [-0.15, -0.1) is 0 Å². The van der Waals surface area contributed by atoms with Gasteiger partial charge >= 0.3 is 0 Å². The molecule has 6 nitrogen and oxygen atoms in total. The molecule has 0 radical (unpaired) electrons. The molecule has 2 fully saturated rings. The van der Waals surface area contributed by atoms with Crippen molar-refractivity contribution in [2.45, 2.75) is 50.5 Å². The fourth-order valence-electron chi connectivity index (χ4n) is 3.51. The van der Waals surface area contributed by atoms with Crippen molar-refractivity contribution in [2.24, 2.45) is 0 Å². The molecule has 2 N–H and O–H groups in total. The Morgan fingerprint density at radius 3 is 2.78 bits per heavy atom. The Balaban J connectivity index is 1.82. The molecule has 2 aliphatic rings. The number of aliphatic hydroxyl groups excluding tert-OH is 1. The zero-order valence-electron chi connectivity index (χ0n) is 14.0. The fraction of sp³-hybridized carbons (Fsp3) is 0.765. The number of hydrogen-bond acceptors (Lipinski definition) is 6. The van der Waals surface area contributed by atoms with Gasteiger partial charge in [0.2, 0.25) is 5.95 Å². The summed E-state index contributed by atoms with van der Waals surface area (Å²) in [5.74, 6) is 1.95. The van der Waals surface area contributed by atoms with E-state index in [4.69, 9.17) is 9.84 Å². The summed E-state index contributed by atoms with van der Waals surface area (Å²) in [7, 11) is 2.14. The molecular weight excluding hydrogens is 292 g/mol. The monoisotopic (exact) mass is 320 g/mol. The first-order chi connectivity index (χ1) is 11.3. The molecule has 1 aliphatic heterocycles. The van der Waals surface area contributed by atoms with E-state index in [1.54, 1.807) is 0 Å². The Morgan fingerprint density at radius 1 is 1.26 bits per heavy atom. The SMILES string of the molecule is CN(c1cc([C@H]2CCOC2)nc(NCCO)n1)C1CCCCC1. The molecule has 1 aromatic heterocycles. The van der Waals surface area contributed by atoms with Crippen LogP contribution in [0.25, 0.3) is 0 Å². The van der Waals surface area contributed by atoms with Gasteiger partial charge in [-0.2, -0.15) is 4.98 Å². The highest BCUT2D eigenvalue weighted by molar-refractivity contribution is 5.46. The first-order valence-corrected chi connectivity index (χ1v) is 8.82. The maximum Gasteiger partial charge on any atom is 0.224 e. The van der Waals surface area contributed by atoms with Crippen molar-refractivity contribution in [3.05, 3.63) is 11.8 Å². The molecule has 0 bridgehead atoms.